The highest BCUT2D eigenvalue weighted by Crippen LogP contribution is 2.54. The van der Waals surface area contributed by atoms with Gasteiger partial charge in [-0.05, 0) is 19.9 Å². The molecule has 4 aliphatic rings. The van der Waals surface area contributed by atoms with Crippen LogP contribution in [0.4, 0.5) is 0 Å². The Balaban J connectivity index is 1.64. The molecule has 2 aromatic carbocycles. The molecule has 6 rings (SSSR count). The number of Topliss-reactive ketones (excluding diaryl/α,β-unsaturated/α-hetero) is 4. The minimum Gasteiger partial charge on any atom is -0.507 e. The highest BCUT2D eigenvalue weighted by molar-refractivity contribution is 6.32. The molecular formula is C32H30O12. The van der Waals surface area contributed by atoms with Crippen LogP contribution in [0.5, 0.6) is 23.0 Å². The number of ketones is 4. The Bertz CT molecular complexity index is 1810. The van der Waals surface area contributed by atoms with Crippen molar-refractivity contribution in [3.05, 3.63) is 56.7 Å². The van der Waals surface area contributed by atoms with Crippen LogP contribution in [0.1, 0.15) is 81.0 Å². The van der Waals surface area contributed by atoms with E-state index in [9.17, 15) is 49.8 Å². The Hall–Kier alpha value is -4.36. The number of hydrogen-bond donors (Lipinski definition) is 6. The second-order valence-electron chi connectivity index (χ2n) is 12.2. The number of aromatic hydroxyl groups is 2. The van der Waals surface area contributed by atoms with E-state index in [4.69, 9.17) is 9.47 Å². The zero-order chi connectivity index (χ0) is 32.2. The monoisotopic (exact) mass is 606 g/mol. The lowest BCUT2D eigenvalue weighted by atomic mass is 9.69. The molecular weight excluding hydrogens is 576 g/mol. The third-order valence-corrected chi connectivity index (χ3v) is 9.28. The van der Waals surface area contributed by atoms with Gasteiger partial charge in [-0.1, -0.05) is 0 Å². The van der Waals surface area contributed by atoms with E-state index < -0.39 is 69.2 Å². The van der Waals surface area contributed by atoms with Gasteiger partial charge in [-0.15, -0.1) is 0 Å². The van der Waals surface area contributed by atoms with Gasteiger partial charge < -0.3 is 40.1 Å². The molecule has 6 N–H and O–H groups in total. The molecule has 0 amide bonds. The van der Waals surface area contributed by atoms with Crippen LogP contribution >= 0.6 is 0 Å². The molecule has 2 aromatic rings. The molecule has 0 aliphatic heterocycles. The number of carbonyl (C=O) groups excluding carboxylic acids is 4. The van der Waals surface area contributed by atoms with Crippen molar-refractivity contribution in [3.63, 3.8) is 0 Å². The lowest BCUT2D eigenvalue weighted by Gasteiger charge is -2.38. The van der Waals surface area contributed by atoms with Gasteiger partial charge in [0.05, 0.1) is 54.3 Å². The summed E-state index contributed by atoms with van der Waals surface area (Å²) in [5, 5.41) is 64.9. The Morgan fingerprint density at radius 3 is 1.61 bits per heavy atom. The van der Waals surface area contributed by atoms with E-state index in [2.05, 4.69) is 0 Å². The first-order chi connectivity index (χ1) is 20.5. The summed E-state index contributed by atoms with van der Waals surface area (Å²) in [6, 6.07) is 2.26. The third-order valence-electron chi connectivity index (χ3n) is 9.28. The maximum Gasteiger partial charge on any atom is 0.194 e. The molecule has 44 heavy (non-hydrogen) atoms. The van der Waals surface area contributed by atoms with Crippen molar-refractivity contribution in [1.29, 1.82) is 0 Å². The number of rotatable bonds is 3. The van der Waals surface area contributed by atoms with Gasteiger partial charge in [0.25, 0.3) is 0 Å². The van der Waals surface area contributed by atoms with Crippen LogP contribution < -0.4 is 9.47 Å². The van der Waals surface area contributed by atoms with Crippen molar-refractivity contribution in [2.24, 2.45) is 0 Å². The van der Waals surface area contributed by atoms with Gasteiger partial charge in [0.15, 0.2) is 23.1 Å². The van der Waals surface area contributed by atoms with Crippen LogP contribution in [0.15, 0.2) is 34.4 Å². The van der Waals surface area contributed by atoms with Crippen LogP contribution in [-0.4, -0.2) is 91.4 Å². The molecule has 0 spiro atoms. The fourth-order valence-corrected chi connectivity index (χ4v) is 6.71. The predicted molar refractivity (Wildman–Crippen MR) is 151 cm³/mol. The first-order valence-electron chi connectivity index (χ1n) is 13.9. The number of aliphatic hydroxyl groups is 4. The summed E-state index contributed by atoms with van der Waals surface area (Å²) < 4.78 is 11.0. The van der Waals surface area contributed by atoms with Gasteiger partial charge >= 0.3 is 0 Å². The molecule has 230 valence electrons. The molecule has 0 fully saturated rings. The van der Waals surface area contributed by atoms with Gasteiger partial charge in [-0.25, -0.2) is 0 Å². The lowest BCUT2D eigenvalue weighted by molar-refractivity contribution is -0.0651. The molecule has 0 radical (unpaired) electrons. The van der Waals surface area contributed by atoms with Gasteiger partial charge in [0, 0.05) is 70.7 Å². The Labute approximate surface area is 250 Å². The zero-order valence-electron chi connectivity index (χ0n) is 24.3. The van der Waals surface area contributed by atoms with E-state index in [1.165, 1.54) is 34.1 Å². The number of phenolic OH excluding ortho intramolecular Hbond substituents is 2. The van der Waals surface area contributed by atoms with Crippen LogP contribution in [0.3, 0.4) is 0 Å². The van der Waals surface area contributed by atoms with E-state index in [0.717, 1.165) is 6.07 Å². The van der Waals surface area contributed by atoms with Crippen molar-refractivity contribution in [2.75, 3.05) is 14.2 Å². The zero-order valence-corrected chi connectivity index (χ0v) is 24.3. The van der Waals surface area contributed by atoms with Crippen LogP contribution in [0, 0.1) is 0 Å². The molecule has 4 atom stereocenters. The molecule has 12 heteroatoms. The van der Waals surface area contributed by atoms with E-state index in [1.807, 2.05) is 0 Å². The number of carbonyl (C=O) groups is 4. The molecule has 12 nitrogen and oxygen atoms in total. The number of fused-ring (bicyclic) bond motifs is 2. The van der Waals surface area contributed by atoms with Crippen molar-refractivity contribution in [1.82, 2.24) is 0 Å². The van der Waals surface area contributed by atoms with Crippen molar-refractivity contribution >= 4 is 23.1 Å². The number of aliphatic hydroxyl groups excluding tert-OH is 2. The molecule has 4 aliphatic carbocycles. The number of benzene rings is 2. The Kier molecular flexibility index (Phi) is 6.46. The molecule has 0 saturated heterocycles. The Morgan fingerprint density at radius 2 is 1.09 bits per heavy atom. The second-order valence-corrected chi connectivity index (χ2v) is 12.2. The number of phenols is 2. The maximum atomic E-state index is 14.1. The van der Waals surface area contributed by atoms with Crippen LogP contribution in [-0.2, 0) is 0 Å². The fourth-order valence-electron chi connectivity index (χ4n) is 6.71. The minimum absolute atomic E-state index is 0.00150. The SMILES string of the molecule is COc1cc2c(c(O)c1-c1c(OC)cc(O)c3c1C(=O)C1=C(CC(O)C(C)(O)C1)C3=O)C(=O)C1=C(CC(C)(O)C(O)C1)C2=O. The highest BCUT2D eigenvalue weighted by Gasteiger charge is 2.49. The summed E-state index contributed by atoms with van der Waals surface area (Å²) in [6.45, 7) is 2.67. The molecule has 0 saturated carbocycles. The first kappa shape index (κ1) is 29.7. The summed E-state index contributed by atoms with van der Waals surface area (Å²) in [4.78, 5) is 55.3. The van der Waals surface area contributed by atoms with Gasteiger partial charge in [-0.2, -0.15) is 0 Å². The smallest absolute Gasteiger partial charge is 0.194 e. The number of methoxy groups -OCH3 is 2. The molecule has 0 heterocycles. The molecule has 4 unspecified atom stereocenters. The summed E-state index contributed by atoms with van der Waals surface area (Å²) in [7, 11) is 2.44. The fraction of sp³-hybridized carbons (Fsp3) is 0.375. The standard InChI is InChI=1S/C32H30O12/c1-31(41)9-14-11(6-19(31)34)27(37)21-13(26(14)36)5-17(43-3)24(30(21)40)23-18(44-4)8-16(33)22-25(23)29(39)15-10-32(2,42)20(35)7-12(15)28(22)38/h5,8,19-20,33-35,40-42H,6-7,9-10H2,1-4H3. The van der Waals surface area contributed by atoms with Crippen LogP contribution in [0.25, 0.3) is 11.1 Å². The van der Waals surface area contributed by atoms with E-state index in [-0.39, 0.29) is 81.7 Å². The van der Waals surface area contributed by atoms with Crippen LogP contribution in [0.2, 0.25) is 0 Å². The quantitative estimate of drug-likeness (QED) is 0.296. The normalized spacial score (nSPS) is 28.0. The van der Waals surface area contributed by atoms with Gasteiger partial charge in [0.1, 0.15) is 23.0 Å². The number of ether oxygens (including phenoxy) is 2. The summed E-state index contributed by atoms with van der Waals surface area (Å²) in [5.74, 6) is -4.73. The topological polar surface area (TPSA) is 208 Å². The first-order valence-corrected chi connectivity index (χ1v) is 13.9. The minimum atomic E-state index is -1.74. The van der Waals surface area contributed by atoms with Gasteiger partial charge in [-0.3, -0.25) is 19.2 Å². The second kappa shape index (κ2) is 9.57. The van der Waals surface area contributed by atoms with E-state index >= 15 is 0 Å². The average Bonchev–Trinajstić information content (AvgIpc) is 2.95. The van der Waals surface area contributed by atoms with Crippen molar-refractivity contribution < 1.29 is 59.3 Å². The van der Waals surface area contributed by atoms with Crippen molar-refractivity contribution in [2.45, 2.75) is 62.9 Å². The van der Waals surface area contributed by atoms with E-state index in [1.54, 1.807) is 0 Å². The maximum absolute atomic E-state index is 14.1. The molecule has 0 bridgehead atoms. The summed E-state index contributed by atoms with van der Waals surface area (Å²) in [5.41, 5.74) is -5.60. The predicted octanol–water partition coefficient (Wildman–Crippen LogP) is 1.94. The number of hydrogen-bond acceptors (Lipinski definition) is 12. The van der Waals surface area contributed by atoms with Crippen molar-refractivity contribution in [3.8, 4) is 34.1 Å². The largest absolute Gasteiger partial charge is 0.507 e. The summed E-state index contributed by atoms with van der Waals surface area (Å²) >= 11 is 0. The lowest BCUT2D eigenvalue weighted by Crippen LogP contribution is -2.46. The van der Waals surface area contributed by atoms with Gasteiger partial charge in [0.2, 0.25) is 0 Å². The highest BCUT2D eigenvalue weighted by atomic mass is 16.5. The average molecular weight is 607 g/mol. The third kappa shape index (κ3) is 3.91. The molecule has 0 aromatic heterocycles. The van der Waals surface area contributed by atoms with E-state index in [0.29, 0.717) is 0 Å². The Morgan fingerprint density at radius 1 is 0.636 bits per heavy atom. The summed E-state index contributed by atoms with van der Waals surface area (Å²) in [6.07, 6.45) is -4.08.